The highest BCUT2D eigenvalue weighted by atomic mass is 19.3. The van der Waals surface area contributed by atoms with Gasteiger partial charge in [-0.25, -0.2) is 13.8 Å². The fourth-order valence-electron chi connectivity index (χ4n) is 5.17. The van der Waals surface area contributed by atoms with E-state index in [0.29, 0.717) is 37.3 Å². The number of aliphatic carboxylic acids is 1. The van der Waals surface area contributed by atoms with Crippen molar-refractivity contribution < 1.29 is 27.5 Å². The molecule has 2 saturated heterocycles. The van der Waals surface area contributed by atoms with Crippen molar-refractivity contribution in [1.29, 1.82) is 0 Å². The van der Waals surface area contributed by atoms with Crippen molar-refractivity contribution >= 4 is 17.7 Å². The number of fused-ring (bicyclic) bond motifs is 2. The fourth-order valence-corrected chi connectivity index (χ4v) is 5.17. The van der Waals surface area contributed by atoms with Crippen molar-refractivity contribution in [2.45, 2.75) is 50.5 Å². The second-order valence-electron chi connectivity index (χ2n) is 8.79. The first-order chi connectivity index (χ1) is 13.6. The minimum atomic E-state index is -3.11. The van der Waals surface area contributed by atoms with Gasteiger partial charge in [0.25, 0.3) is 11.8 Å². The molecule has 1 N–H and O–H groups in total. The first kappa shape index (κ1) is 18.9. The van der Waals surface area contributed by atoms with Gasteiger partial charge in [-0.1, -0.05) is 0 Å². The number of hydrogen-bond donors (Lipinski definition) is 1. The minimum absolute atomic E-state index is 0.0681. The van der Waals surface area contributed by atoms with Crippen LogP contribution in [-0.2, 0) is 17.1 Å². The first-order valence-corrected chi connectivity index (χ1v) is 9.99. The molecular weight excluding hydrogens is 392 g/mol. The molecule has 3 unspecified atom stereocenters. The molecule has 0 spiro atoms. The number of hydrogen-bond acceptors (Lipinski definition) is 5. The Morgan fingerprint density at radius 3 is 2.48 bits per heavy atom. The zero-order valence-electron chi connectivity index (χ0n) is 15.9. The normalized spacial score (nSPS) is 33.7. The van der Waals surface area contributed by atoms with Crippen molar-refractivity contribution in [3.63, 3.8) is 0 Å². The number of rotatable bonds is 4. The third-order valence-corrected chi connectivity index (χ3v) is 7.04. The van der Waals surface area contributed by atoms with Crippen LogP contribution in [0, 0.1) is 17.8 Å². The largest absolute Gasteiger partial charge is 0.481 e. The Bertz CT molecular complexity index is 868. The molecule has 0 radical (unpaired) electrons. The Balaban J connectivity index is 1.47. The summed E-state index contributed by atoms with van der Waals surface area (Å²) < 4.78 is 56.6. The minimum Gasteiger partial charge on any atom is -0.481 e. The fraction of sp³-hybridized carbons (Fsp3) is 0.737. The van der Waals surface area contributed by atoms with Crippen LogP contribution in [-0.4, -0.2) is 52.6 Å². The molecule has 0 aromatic carbocycles. The standard InChI is InChI=1S/C19H22F4N4O2/c1-9-19(22,23)8-27(9)17-24-15-10(3-2-4-18(15,20)21)16(25-17)26-6-12-11(5-14(28)29)13(12)7-26/h9,11-13H,2-8H2,1H3,(H,28,29). The maximum atomic E-state index is 14.6. The predicted octanol–water partition coefficient (Wildman–Crippen LogP) is 2.91. The zero-order chi connectivity index (χ0) is 20.7. The smallest absolute Gasteiger partial charge is 0.303 e. The van der Waals surface area contributed by atoms with Gasteiger partial charge in [0.05, 0.1) is 12.6 Å². The molecule has 158 valence electrons. The maximum Gasteiger partial charge on any atom is 0.303 e. The molecule has 2 aliphatic heterocycles. The third kappa shape index (κ3) is 2.85. The average molecular weight is 414 g/mol. The number of halogens is 4. The van der Waals surface area contributed by atoms with E-state index < -0.39 is 30.4 Å². The predicted molar refractivity (Wildman–Crippen MR) is 95.6 cm³/mol. The lowest BCUT2D eigenvalue weighted by molar-refractivity contribution is -0.137. The van der Waals surface area contributed by atoms with Crippen molar-refractivity contribution in [2.75, 3.05) is 29.4 Å². The zero-order valence-corrected chi connectivity index (χ0v) is 15.9. The van der Waals surface area contributed by atoms with E-state index >= 15 is 0 Å². The van der Waals surface area contributed by atoms with Gasteiger partial charge in [-0.3, -0.25) is 4.79 Å². The molecule has 2 aliphatic carbocycles. The summed E-state index contributed by atoms with van der Waals surface area (Å²) in [5, 5.41) is 8.99. The van der Waals surface area contributed by atoms with Crippen LogP contribution in [0.4, 0.5) is 29.3 Å². The van der Waals surface area contributed by atoms with Gasteiger partial charge in [-0.05, 0) is 37.5 Å². The van der Waals surface area contributed by atoms with Gasteiger partial charge in [-0.15, -0.1) is 0 Å². The van der Waals surface area contributed by atoms with E-state index in [1.807, 2.05) is 4.90 Å². The molecule has 5 rings (SSSR count). The van der Waals surface area contributed by atoms with Gasteiger partial charge in [0.15, 0.2) is 0 Å². The molecule has 3 atom stereocenters. The summed E-state index contributed by atoms with van der Waals surface area (Å²) in [6.07, 6.45) is 0.551. The monoisotopic (exact) mass is 414 g/mol. The highest BCUT2D eigenvalue weighted by Crippen LogP contribution is 2.55. The van der Waals surface area contributed by atoms with E-state index in [-0.39, 0.29) is 42.2 Å². The molecule has 0 bridgehead atoms. The van der Waals surface area contributed by atoms with Crippen molar-refractivity contribution in [3.8, 4) is 0 Å². The summed E-state index contributed by atoms with van der Waals surface area (Å²) in [4.78, 5) is 22.7. The van der Waals surface area contributed by atoms with Crippen LogP contribution < -0.4 is 9.80 Å². The molecule has 6 nitrogen and oxygen atoms in total. The molecule has 10 heteroatoms. The van der Waals surface area contributed by atoms with Crippen molar-refractivity contribution in [1.82, 2.24) is 9.97 Å². The Hall–Kier alpha value is -2.13. The number of carboxylic acids is 1. The van der Waals surface area contributed by atoms with Crippen LogP contribution in [0.5, 0.6) is 0 Å². The number of carboxylic acid groups (broad SMARTS) is 1. The lowest BCUT2D eigenvalue weighted by Gasteiger charge is -2.46. The highest BCUT2D eigenvalue weighted by Gasteiger charge is 2.57. The van der Waals surface area contributed by atoms with Gasteiger partial charge in [-0.2, -0.15) is 13.8 Å². The van der Waals surface area contributed by atoms with Crippen LogP contribution in [0.15, 0.2) is 0 Å². The number of anilines is 2. The van der Waals surface area contributed by atoms with Crippen LogP contribution in [0.2, 0.25) is 0 Å². The Morgan fingerprint density at radius 1 is 1.21 bits per heavy atom. The Morgan fingerprint density at radius 2 is 1.90 bits per heavy atom. The Labute approximate surface area is 164 Å². The first-order valence-electron chi connectivity index (χ1n) is 9.99. The van der Waals surface area contributed by atoms with Gasteiger partial charge < -0.3 is 14.9 Å². The van der Waals surface area contributed by atoms with E-state index in [1.165, 1.54) is 11.8 Å². The van der Waals surface area contributed by atoms with Crippen LogP contribution >= 0.6 is 0 Å². The molecule has 3 fully saturated rings. The van der Waals surface area contributed by atoms with E-state index in [2.05, 4.69) is 9.97 Å². The van der Waals surface area contributed by atoms with E-state index in [9.17, 15) is 22.4 Å². The summed E-state index contributed by atoms with van der Waals surface area (Å²) in [6.45, 7) is 1.88. The molecule has 1 saturated carbocycles. The summed E-state index contributed by atoms with van der Waals surface area (Å²) in [5.41, 5.74) is 0.0647. The topological polar surface area (TPSA) is 69.6 Å². The molecule has 1 aromatic heterocycles. The van der Waals surface area contributed by atoms with E-state index in [1.54, 1.807) is 0 Å². The van der Waals surface area contributed by atoms with Crippen molar-refractivity contribution in [2.24, 2.45) is 17.8 Å². The lowest BCUT2D eigenvalue weighted by Crippen LogP contribution is -2.64. The number of aromatic nitrogens is 2. The SMILES string of the molecule is CC1N(c2nc(N3CC4C(CC(=O)O)C4C3)c3c(n2)C(F)(F)CCC3)CC1(F)F. The maximum absolute atomic E-state index is 14.6. The summed E-state index contributed by atoms with van der Waals surface area (Å²) >= 11 is 0. The quantitative estimate of drug-likeness (QED) is 0.765. The van der Waals surface area contributed by atoms with Gasteiger partial charge in [0, 0.05) is 31.5 Å². The number of piperidine rings is 1. The third-order valence-electron chi connectivity index (χ3n) is 7.04. The lowest BCUT2D eigenvalue weighted by atomic mass is 9.92. The van der Waals surface area contributed by atoms with Crippen LogP contribution in [0.1, 0.15) is 37.4 Å². The number of carbonyl (C=O) groups is 1. The summed E-state index contributed by atoms with van der Waals surface area (Å²) in [6, 6.07) is -1.14. The second-order valence-corrected chi connectivity index (χ2v) is 8.79. The molecule has 3 heterocycles. The second kappa shape index (κ2) is 5.95. The molecule has 4 aliphatic rings. The van der Waals surface area contributed by atoms with Crippen molar-refractivity contribution in [3.05, 3.63) is 11.3 Å². The molecule has 0 amide bonds. The molecule has 29 heavy (non-hydrogen) atoms. The number of nitrogens with zero attached hydrogens (tertiary/aromatic N) is 4. The number of alkyl halides is 4. The molecular formula is C19H22F4N4O2. The summed E-state index contributed by atoms with van der Waals surface area (Å²) in [7, 11) is 0. The Kier molecular flexibility index (Phi) is 3.87. The van der Waals surface area contributed by atoms with Gasteiger partial charge in [0.2, 0.25) is 5.95 Å². The highest BCUT2D eigenvalue weighted by molar-refractivity contribution is 5.68. The van der Waals surface area contributed by atoms with Gasteiger partial charge >= 0.3 is 5.97 Å². The average Bonchev–Trinajstić information content (AvgIpc) is 3.08. The summed E-state index contributed by atoms with van der Waals surface area (Å²) in [5.74, 6) is -5.92. The van der Waals surface area contributed by atoms with Crippen LogP contribution in [0.25, 0.3) is 0 Å². The van der Waals surface area contributed by atoms with Crippen LogP contribution in [0.3, 0.4) is 0 Å². The van der Waals surface area contributed by atoms with E-state index in [4.69, 9.17) is 5.11 Å². The van der Waals surface area contributed by atoms with Gasteiger partial charge in [0.1, 0.15) is 11.5 Å². The molecule has 1 aromatic rings. The van der Waals surface area contributed by atoms with E-state index in [0.717, 1.165) is 0 Å².